The van der Waals surface area contributed by atoms with E-state index in [1.165, 1.54) is 11.5 Å². The van der Waals surface area contributed by atoms with Gasteiger partial charge >= 0.3 is 0 Å². The molecule has 7 heteroatoms. The van der Waals surface area contributed by atoms with Crippen LogP contribution in [0.4, 0.5) is 11.4 Å². The van der Waals surface area contributed by atoms with E-state index in [1.54, 1.807) is 0 Å². The molecule has 0 aliphatic carbocycles. The zero-order valence-electron chi connectivity index (χ0n) is 19.1. The fourth-order valence-corrected chi connectivity index (χ4v) is 4.49. The molecule has 0 fully saturated rings. The quantitative estimate of drug-likeness (QED) is 0.508. The first kappa shape index (κ1) is 22.3. The molecule has 0 atom stereocenters. The van der Waals surface area contributed by atoms with Crippen LogP contribution in [0.2, 0.25) is 0 Å². The van der Waals surface area contributed by atoms with E-state index in [-0.39, 0.29) is 12.5 Å². The summed E-state index contributed by atoms with van der Waals surface area (Å²) in [5, 5.41) is 4.22. The number of nitrogens with zero attached hydrogens (tertiary/aromatic N) is 3. The van der Waals surface area contributed by atoms with E-state index in [1.807, 2.05) is 55.1 Å². The highest BCUT2D eigenvalue weighted by molar-refractivity contribution is 7.09. The molecule has 6 nitrogen and oxygen atoms in total. The molecule has 0 saturated heterocycles. The zero-order chi connectivity index (χ0) is 22.7. The van der Waals surface area contributed by atoms with Crippen molar-refractivity contribution >= 4 is 28.8 Å². The Hall–Kier alpha value is -2.93. The van der Waals surface area contributed by atoms with Crippen LogP contribution in [0.15, 0.2) is 36.4 Å². The van der Waals surface area contributed by atoms with Crippen molar-refractivity contribution in [2.24, 2.45) is 5.92 Å². The van der Waals surface area contributed by atoms with Gasteiger partial charge in [0.05, 0.1) is 18.8 Å². The number of carbonyl (C=O) groups is 1. The van der Waals surface area contributed by atoms with Gasteiger partial charge in [0.1, 0.15) is 16.6 Å². The third kappa shape index (κ3) is 4.93. The zero-order valence-corrected chi connectivity index (χ0v) is 20.0. The molecule has 2 aromatic carbocycles. The number of hydrogen-bond acceptors (Lipinski definition) is 6. The van der Waals surface area contributed by atoms with Crippen molar-refractivity contribution in [3.8, 4) is 16.3 Å². The van der Waals surface area contributed by atoms with Crippen LogP contribution < -0.4 is 15.0 Å². The highest BCUT2D eigenvalue weighted by Gasteiger charge is 2.27. The lowest BCUT2D eigenvalue weighted by molar-refractivity contribution is -0.116. The van der Waals surface area contributed by atoms with Crippen LogP contribution in [0.25, 0.3) is 10.6 Å². The van der Waals surface area contributed by atoms with Crippen molar-refractivity contribution in [1.82, 2.24) is 9.36 Å². The molecule has 0 bridgehead atoms. The fraction of sp³-hybridized carbons (Fsp3) is 0.400. The topological polar surface area (TPSA) is 67.4 Å². The van der Waals surface area contributed by atoms with Gasteiger partial charge in [0.25, 0.3) is 0 Å². The lowest BCUT2D eigenvalue weighted by Gasteiger charge is -2.19. The summed E-state index contributed by atoms with van der Waals surface area (Å²) in [7, 11) is 0. The molecule has 4 rings (SSSR count). The normalized spacial score (nSPS) is 12.8. The minimum Gasteiger partial charge on any atom is -0.493 e. The Morgan fingerprint density at radius 2 is 2.09 bits per heavy atom. The Labute approximate surface area is 193 Å². The highest BCUT2D eigenvalue weighted by atomic mass is 32.1. The van der Waals surface area contributed by atoms with E-state index >= 15 is 0 Å². The lowest BCUT2D eigenvalue weighted by Crippen LogP contribution is -2.34. The number of hydrogen-bond donors (Lipinski definition) is 1. The summed E-state index contributed by atoms with van der Waals surface area (Å²) in [6, 6.07) is 12.1. The first-order valence-corrected chi connectivity index (χ1v) is 11.9. The number of ether oxygens (including phenoxy) is 1. The maximum atomic E-state index is 13.1. The predicted molar refractivity (Wildman–Crippen MR) is 131 cm³/mol. The number of benzene rings is 2. The van der Waals surface area contributed by atoms with E-state index in [2.05, 4.69) is 28.5 Å². The van der Waals surface area contributed by atoms with Crippen LogP contribution in [0.5, 0.6) is 5.75 Å². The van der Waals surface area contributed by atoms with E-state index in [4.69, 9.17) is 4.74 Å². The Balaban J connectivity index is 1.43. The monoisotopic (exact) mass is 450 g/mol. The van der Waals surface area contributed by atoms with Gasteiger partial charge in [-0.15, -0.1) is 0 Å². The van der Waals surface area contributed by atoms with Gasteiger partial charge in [0, 0.05) is 23.4 Å². The maximum absolute atomic E-state index is 13.1. The summed E-state index contributed by atoms with van der Waals surface area (Å²) in [5.74, 6) is 2.34. The Morgan fingerprint density at radius 3 is 2.84 bits per heavy atom. The number of anilines is 2. The molecule has 0 unspecified atom stereocenters. The third-order valence-electron chi connectivity index (χ3n) is 5.68. The van der Waals surface area contributed by atoms with Gasteiger partial charge in [-0.25, -0.2) is 4.98 Å². The largest absolute Gasteiger partial charge is 0.493 e. The van der Waals surface area contributed by atoms with Crippen molar-refractivity contribution in [2.45, 2.75) is 40.5 Å². The Bertz CT molecular complexity index is 1110. The minimum atomic E-state index is 0.0552. The molecule has 0 spiro atoms. The number of nitrogens with one attached hydrogen (secondary N) is 1. The molecule has 1 aliphatic heterocycles. The summed E-state index contributed by atoms with van der Waals surface area (Å²) >= 11 is 1.39. The van der Waals surface area contributed by atoms with Gasteiger partial charge in [-0.05, 0) is 67.9 Å². The van der Waals surface area contributed by atoms with Crippen molar-refractivity contribution in [3.63, 3.8) is 0 Å². The number of amides is 1. The molecular formula is C25H30N4O2S. The summed E-state index contributed by atoms with van der Waals surface area (Å²) < 4.78 is 10.3. The number of aryl methyl sites for hydroxylation is 2. The Kier molecular flexibility index (Phi) is 6.74. The average molecular weight is 451 g/mol. The molecule has 0 saturated carbocycles. The second-order valence-electron chi connectivity index (χ2n) is 8.61. The van der Waals surface area contributed by atoms with Crippen LogP contribution in [0.3, 0.4) is 0 Å². The molecule has 1 aliphatic rings. The summed E-state index contributed by atoms with van der Waals surface area (Å²) in [4.78, 5) is 19.4. The molecule has 1 aromatic heterocycles. The van der Waals surface area contributed by atoms with Gasteiger partial charge in [-0.3, -0.25) is 4.79 Å². The number of aromatic nitrogens is 2. The molecule has 32 heavy (non-hydrogen) atoms. The number of fused-ring (bicyclic) bond motifs is 1. The predicted octanol–water partition coefficient (Wildman–Crippen LogP) is 5.25. The van der Waals surface area contributed by atoms with E-state index in [0.29, 0.717) is 19.1 Å². The second kappa shape index (κ2) is 9.69. The molecule has 1 N–H and O–H groups in total. The van der Waals surface area contributed by atoms with E-state index in [9.17, 15) is 4.79 Å². The van der Waals surface area contributed by atoms with Crippen LogP contribution in [0, 0.1) is 19.8 Å². The summed E-state index contributed by atoms with van der Waals surface area (Å²) in [6.07, 6.45) is 1.84. The van der Waals surface area contributed by atoms with Gasteiger partial charge in [0.2, 0.25) is 5.91 Å². The third-order valence-corrected chi connectivity index (χ3v) is 6.54. The Morgan fingerprint density at radius 1 is 1.25 bits per heavy atom. The molecular weight excluding hydrogens is 420 g/mol. The van der Waals surface area contributed by atoms with Crippen LogP contribution >= 0.6 is 11.5 Å². The first-order valence-electron chi connectivity index (χ1n) is 11.1. The SMILES string of the molecule is Cc1nsc(-c2ccc(C)c(NCC(=O)N3CCc4c(OCCC(C)C)cccc43)c2)n1. The maximum Gasteiger partial charge on any atom is 0.246 e. The van der Waals surface area contributed by atoms with E-state index < -0.39 is 0 Å². The molecule has 0 radical (unpaired) electrons. The van der Waals surface area contributed by atoms with Crippen molar-refractivity contribution in [1.29, 1.82) is 0 Å². The molecule has 1 amide bonds. The standard InChI is InChI=1S/C25H30N4O2S/c1-16(2)11-13-31-23-7-5-6-22-20(23)10-12-29(22)24(30)15-26-21-14-19(9-8-17(21)3)25-27-18(4)28-32-25/h5-9,14,16,26H,10-13,15H2,1-4H3. The van der Waals surface area contributed by atoms with Crippen LogP contribution in [0.1, 0.15) is 37.2 Å². The minimum absolute atomic E-state index is 0.0552. The highest BCUT2D eigenvalue weighted by Crippen LogP contribution is 2.35. The fourth-order valence-electron chi connectivity index (χ4n) is 3.83. The molecule has 3 aromatic rings. The second-order valence-corrected chi connectivity index (χ2v) is 9.36. The average Bonchev–Trinajstić information content (AvgIpc) is 3.39. The lowest BCUT2D eigenvalue weighted by atomic mass is 10.1. The first-order chi connectivity index (χ1) is 15.4. The number of carbonyl (C=O) groups excluding carboxylic acids is 1. The van der Waals surface area contributed by atoms with Crippen molar-refractivity contribution in [3.05, 3.63) is 53.3 Å². The molecule has 2 heterocycles. The van der Waals surface area contributed by atoms with Crippen LogP contribution in [-0.4, -0.2) is 35.0 Å². The van der Waals surface area contributed by atoms with E-state index in [0.717, 1.165) is 57.5 Å². The van der Waals surface area contributed by atoms with Crippen LogP contribution in [-0.2, 0) is 11.2 Å². The van der Waals surface area contributed by atoms with Gasteiger partial charge in [0.15, 0.2) is 0 Å². The van der Waals surface area contributed by atoms with Crippen molar-refractivity contribution < 1.29 is 9.53 Å². The van der Waals surface area contributed by atoms with Gasteiger partial charge in [-0.1, -0.05) is 32.0 Å². The molecule has 168 valence electrons. The smallest absolute Gasteiger partial charge is 0.246 e. The van der Waals surface area contributed by atoms with Gasteiger partial charge < -0.3 is 15.0 Å². The summed E-state index contributed by atoms with van der Waals surface area (Å²) in [5.41, 5.74) is 5.13. The number of rotatable bonds is 8. The van der Waals surface area contributed by atoms with Gasteiger partial charge in [-0.2, -0.15) is 4.37 Å². The van der Waals surface area contributed by atoms with Crippen molar-refractivity contribution in [2.75, 3.05) is 29.9 Å². The summed E-state index contributed by atoms with van der Waals surface area (Å²) in [6.45, 7) is 9.93.